The van der Waals surface area contributed by atoms with Crippen molar-refractivity contribution in [3.63, 3.8) is 0 Å². The van der Waals surface area contributed by atoms with Gasteiger partial charge < -0.3 is 0 Å². The molecule has 1 heteroatoms. The quantitative estimate of drug-likeness (QED) is 0.392. The van der Waals surface area contributed by atoms with Gasteiger partial charge in [0.05, 0.1) is 0 Å². The first-order chi connectivity index (χ1) is 4.91. The van der Waals surface area contributed by atoms with Gasteiger partial charge in [-0.25, -0.2) is 0 Å². The molecule has 0 heterocycles. The molecule has 0 rings (SSSR count). The smallest absolute Gasteiger partial charge is 0.0234 e. The van der Waals surface area contributed by atoms with Crippen molar-refractivity contribution < 1.29 is 0 Å². The minimum absolute atomic E-state index is 1.23. The lowest BCUT2D eigenvalue weighted by Gasteiger charge is -1.89. The van der Waals surface area contributed by atoms with E-state index in [1.165, 1.54) is 25.7 Å². The summed E-state index contributed by atoms with van der Waals surface area (Å²) in [7, 11) is 0. The van der Waals surface area contributed by atoms with Crippen LogP contribution in [-0.4, -0.2) is 0 Å². The van der Waals surface area contributed by atoms with Crippen molar-refractivity contribution in [1.29, 1.82) is 0 Å². The second-order valence-corrected chi connectivity index (χ2v) is 2.96. The highest BCUT2D eigenvalue weighted by molar-refractivity contribution is 14.1. The average molecular weight is 250 g/mol. The Morgan fingerprint density at radius 2 is 2.00 bits per heavy atom. The van der Waals surface area contributed by atoms with E-state index in [1.807, 2.05) is 4.08 Å². The number of rotatable bonds is 5. The fraction of sp³-hybridized carbons (Fsp3) is 0.556. The molecule has 0 saturated heterocycles. The minimum Gasteiger partial charge on any atom is -0.0845 e. The molecule has 0 aromatic heterocycles. The lowest BCUT2D eigenvalue weighted by atomic mass is 10.2. The maximum Gasteiger partial charge on any atom is -0.0234 e. The van der Waals surface area contributed by atoms with E-state index in [9.17, 15) is 0 Å². The van der Waals surface area contributed by atoms with E-state index in [1.54, 1.807) is 0 Å². The lowest BCUT2D eigenvalue weighted by molar-refractivity contribution is 0.729. The van der Waals surface area contributed by atoms with Crippen LogP contribution in [0.15, 0.2) is 22.3 Å². The van der Waals surface area contributed by atoms with Gasteiger partial charge in [0.15, 0.2) is 0 Å². The molecule has 58 valence electrons. The van der Waals surface area contributed by atoms with Crippen LogP contribution < -0.4 is 0 Å². The molecule has 0 radical (unpaired) electrons. The van der Waals surface area contributed by atoms with Crippen LogP contribution in [0.1, 0.15) is 32.6 Å². The summed E-state index contributed by atoms with van der Waals surface area (Å²) in [5.41, 5.74) is 0. The van der Waals surface area contributed by atoms with E-state index in [0.29, 0.717) is 0 Å². The van der Waals surface area contributed by atoms with Crippen LogP contribution in [0.5, 0.6) is 0 Å². The fourth-order valence-electron chi connectivity index (χ4n) is 0.729. The number of halogens is 1. The zero-order valence-corrected chi connectivity index (χ0v) is 8.67. The molecule has 0 aromatic carbocycles. The minimum atomic E-state index is 1.23. The van der Waals surface area contributed by atoms with E-state index in [-0.39, 0.29) is 0 Å². The third kappa shape index (κ3) is 8.21. The second-order valence-electron chi connectivity index (χ2n) is 2.24. The summed E-state index contributed by atoms with van der Waals surface area (Å²) in [6, 6.07) is 0. The first kappa shape index (κ1) is 10.2. The van der Waals surface area contributed by atoms with E-state index < -0.39 is 0 Å². The SMILES string of the molecule is CCCCC/C=C/C=C\I. The maximum atomic E-state index is 2.23. The first-order valence-electron chi connectivity index (χ1n) is 3.83. The van der Waals surface area contributed by atoms with Gasteiger partial charge in [-0.05, 0) is 16.9 Å². The molecule has 0 bridgehead atoms. The van der Waals surface area contributed by atoms with Gasteiger partial charge >= 0.3 is 0 Å². The van der Waals surface area contributed by atoms with Gasteiger partial charge in [-0.1, -0.05) is 60.6 Å². The molecule has 0 aromatic rings. The molecule has 0 atom stereocenters. The Kier molecular flexibility index (Phi) is 9.40. The molecule has 0 saturated carbocycles. The summed E-state index contributed by atoms with van der Waals surface area (Å²) in [5.74, 6) is 0. The van der Waals surface area contributed by atoms with Crippen molar-refractivity contribution in [2.45, 2.75) is 32.6 Å². The monoisotopic (exact) mass is 250 g/mol. The molecule has 0 unspecified atom stereocenters. The van der Waals surface area contributed by atoms with Gasteiger partial charge in [-0.3, -0.25) is 0 Å². The van der Waals surface area contributed by atoms with Crippen molar-refractivity contribution in [1.82, 2.24) is 0 Å². The Labute approximate surface area is 77.5 Å². The number of hydrogen-bond donors (Lipinski definition) is 0. The molecule has 0 N–H and O–H groups in total. The second kappa shape index (κ2) is 9.21. The van der Waals surface area contributed by atoms with Crippen LogP contribution in [0, 0.1) is 0 Å². The highest BCUT2D eigenvalue weighted by Gasteiger charge is 1.79. The van der Waals surface area contributed by atoms with Crippen LogP contribution in [0.2, 0.25) is 0 Å². The number of unbranched alkanes of at least 4 members (excludes halogenated alkanes) is 3. The van der Waals surface area contributed by atoms with Gasteiger partial charge in [-0.15, -0.1) is 0 Å². The van der Waals surface area contributed by atoms with Gasteiger partial charge in [0.2, 0.25) is 0 Å². The predicted molar refractivity (Wildman–Crippen MR) is 56.4 cm³/mol. The molecule has 0 aliphatic heterocycles. The van der Waals surface area contributed by atoms with E-state index in [2.05, 4.69) is 47.7 Å². The molecule has 0 aliphatic rings. The summed E-state index contributed by atoms with van der Waals surface area (Å²) in [5, 5.41) is 0. The Balaban J connectivity index is 3.02. The van der Waals surface area contributed by atoms with Gasteiger partial charge in [-0.2, -0.15) is 0 Å². The van der Waals surface area contributed by atoms with Gasteiger partial charge in [0, 0.05) is 0 Å². The average Bonchev–Trinajstić information content (AvgIpc) is 1.97. The van der Waals surface area contributed by atoms with Crippen LogP contribution in [0.3, 0.4) is 0 Å². The Bertz CT molecular complexity index is 103. The van der Waals surface area contributed by atoms with E-state index in [0.717, 1.165) is 0 Å². The molecule has 0 fully saturated rings. The van der Waals surface area contributed by atoms with Gasteiger partial charge in [0.1, 0.15) is 0 Å². The highest BCUT2D eigenvalue weighted by Crippen LogP contribution is 1.99. The first-order valence-corrected chi connectivity index (χ1v) is 5.08. The van der Waals surface area contributed by atoms with Crippen LogP contribution >= 0.6 is 22.6 Å². The zero-order chi connectivity index (χ0) is 7.66. The van der Waals surface area contributed by atoms with Gasteiger partial charge in [0.25, 0.3) is 0 Å². The molecular weight excluding hydrogens is 235 g/mol. The standard InChI is InChI=1S/C9H15I/c1-2-3-4-5-6-7-8-9-10/h6-9H,2-5H2,1H3/b7-6+,9-8-. The molecule has 0 aliphatic carbocycles. The summed E-state index contributed by atoms with van der Waals surface area (Å²) in [6.45, 7) is 2.23. The van der Waals surface area contributed by atoms with E-state index >= 15 is 0 Å². The molecule has 0 spiro atoms. The van der Waals surface area contributed by atoms with E-state index in [4.69, 9.17) is 0 Å². The fourth-order valence-corrected chi connectivity index (χ4v) is 0.969. The Morgan fingerprint density at radius 3 is 2.60 bits per heavy atom. The zero-order valence-electron chi connectivity index (χ0n) is 6.52. The van der Waals surface area contributed by atoms with Crippen molar-refractivity contribution in [2.24, 2.45) is 0 Å². The van der Waals surface area contributed by atoms with Crippen LogP contribution in [0.25, 0.3) is 0 Å². The molecule has 0 amide bonds. The summed E-state index contributed by atoms with van der Waals surface area (Å²) >= 11 is 2.22. The van der Waals surface area contributed by atoms with Crippen molar-refractivity contribution in [3.8, 4) is 0 Å². The maximum absolute atomic E-state index is 2.23. The van der Waals surface area contributed by atoms with Crippen molar-refractivity contribution in [2.75, 3.05) is 0 Å². The number of hydrogen-bond acceptors (Lipinski definition) is 0. The van der Waals surface area contributed by atoms with Crippen LogP contribution in [-0.2, 0) is 0 Å². The third-order valence-electron chi connectivity index (χ3n) is 1.29. The summed E-state index contributed by atoms with van der Waals surface area (Å²) < 4.78 is 2.02. The summed E-state index contributed by atoms with van der Waals surface area (Å²) in [4.78, 5) is 0. The molecule has 0 nitrogen and oxygen atoms in total. The Morgan fingerprint density at radius 1 is 1.20 bits per heavy atom. The van der Waals surface area contributed by atoms with Crippen LogP contribution in [0.4, 0.5) is 0 Å². The largest absolute Gasteiger partial charge is 0.0845 e. The van der Waals surface area contributed by atoms with Crippen molar-refractivity contribution in [3.05, 3.63) is 22.3 Å². The molecule has 10 heavy (non-hydrogen) atoms. The Hall–Kier alpha value is 0.210. The molecular formula is C9H15I. The predicted octanol–water partition coefficient (Wildman–Crippen LogP) is 4.07. The highest BCUT2D eigenvalue weighted by atomic mass is 127. The topological polar surface area (TPSA) is 0 Å². The van der Waals surface area contributed by atoms with Crippen molar-refractivity contribution >= 4 is 22.6 Å². The summed E-state index contributed by atoms with van der Waals surface area (Å²) in [6.07, 6.45) is 11.6. The number of allylic oxidation sites excluding steroid dienone is 3. The lowest BCUT2D eigenvalue weighted by Crippen LogP contribution is -1.69. The normalized spacial score (nSPS) is 11.8. The third-order valence-corrected chi connectivity index (χ3v) is 1.71.